The largest absolute Gasteiger partial charge is 0.451 e. The number of hydrogen-bond donors (Lipinski definition) is 0. The molecule has 0 atom stereocenters. The minimum atomic E-state index is -3.39. The van der Waals surface area contributed by atoms with Crippen LogP contribution in [0.4, 0.5) is 0 Å². The van der Waals surface area contributed by atoms with Crippen LogP contribution in [0.25, 0.3) is 21.2 Å². The Morgan fingerprint density at radius 1 is 1.23 bits per heavy atom. The molecule has 0 saturated heterocycles. The number of carbonyl (C=O) groups is 1. The highest BCUT2D eigenvalue weighted by atomic mass is 32.2. The van der Waals surface area contributed by atoms with Gasteiger partial charge in [0.1, 0.15) is 5.58 Å². The SMILES string of the molecule is C#CCn1c(=NC(=O)c2cc(=O)c3ccccc3o2)sc2cc(S(C)(=O)=O)ccc21. The van der Waals surface area contributed by atoms with Crippen LogP contribution in [0.1, 0.15) is 10.6 Å². The molecule has 4 aromatic rings. The van der Waals surface area contributed by atoms with Crippen molar-refractivity contribution in [2.24, 2.45) is 4.99 Å². The summed E-state index contributed by atoms with van der Waals surface area (Å²) < 4.78 is 31.5. The Bertz CT molecular complexity index is 1600. The predicted octanol–water partition coefficient (Wildman–Crippen LogP) is 2.59. The van der Waals surface area contributed by atoms with Crippen LogP contribution in [-0.2, 0) is 16.4 Å². The molecule has 2 aromatic carbocycles. The van der Waals surface area contributed by atoms with Gasteiger partial charge in [-0.2, -0.15) is 4.99 Å². The normalized spacial score (nSPS) is 12.3. The lowest BCUT2D eigenvalue weighted by atomic mass is 10.2. The van der Waals surface area contributed by atoms with Gasteiger partial charge in [0.25, 0.3) is 0 Å². The first kappa shape index (κ1) is 19.8. The highest BCUT2D eigenvalue weighted by Crippen LogP contribution is 2.22. The fourth-order valence-electron chi connectivity index (χ4n) is 2.96. The molecule has 2 aromatic heterocycles. The van der Waals surface area contributed by atoms with Crippen molar-refractivity contribution in [1.82, 2.24) is 4.57 Å². The number of nitrogens with zero attached hydrogens (tertiary/aromatic N) is 2. The van der Waals surface area contributed by atoms with Gasteiger partial charge < -0.3 is 8.98 Å². The molecule has 0 spiro atoms. The zero-order valence-electron chi connectivity index (χ0n) is 15.7. The van der Waals surface area contributed by atoms with Crippen molar-refractivity contribution in [2.45, 2.75) is 11.4 Å². The van der Waals surface area contributed by atoms with E-state index in [-0.39, 0.29) is 33.0 Å². The number of thiazole rings is 1. The van der Waals surface area contributed by atoms with Crippen molar-refractivity contribution in [3.8, 4) is 12.3 Å². The molecule has 0 unspecified atom stereocenters. The van der Waals surface area contributed by atoms with Gasteiger partial charge >= 0.3 is 5.91 Å². The van der Waals surface area contributed by atoms with Crippen molar-refractivity contribution in [2.75, 3.05) is 6.26 Å². The van der Waals surface area contributed by atoms with Crippen LogP contribution in [0.3, 0.4) is 0 Å². The van der Waals surface area contributed by atoms with Gasteiger partial charge in [-0.1, -0.05) is 29.4 Å². The summed E-state index contributed by atoms with van der Waals surface area (Å²) in [6.07, 6.45) is 6.57. The lowest BCUT2D eigenvalue weighted by molar-refractivity contribution is 0.0972. The average molecular weight is 438 g/mol. The minimum Gasteiger partial charge on any atom is -0.451 e. The number of hydrogen-bond acceptors (Lipinski definition) is 6. The quantitative estimate of drug-likeness (QED) is 0.458. The number of terminal acetylenes is 1. The van der Waals surface area contributed by atoms with Gasteiger partial charge in [-0.3, -0.25) is 9.59 Å². The monoisotopic (exact) mass is 438 g/mol. The molecule has 0 bridgehead atoms. The van der Waals surface area contributed by atoms with Crippen LogP contribution in [0.2, 0.25) is 0 Å². The van der Waals surface area contributed by atoms with Gasteiger partial charge in [0.05, 0.1) is 27.0 Å². The summed E-state index contributed by atoms with van der Waals surface area (Å²) >= 11 is 1.12. The molecule has 0 N–H and O–H groups in total. The number of aromatic nitrogens is 1. The Morgan fingerprint density at radius 3 is 2.73 bits per heavy atom. The lowest BCUT2D eigenvalue weighted by Crippen LogP contribution is -2.17. The molecule has 7 nitrogen and oxygen atoms in total. The predicted molar refractivity (Wildman–Crippen MR) is 114 cm³/mol. The molecule has 0 aliphatic rings. The van der Waals surface area contributed by atoms with Crippen LogP contribution in [0.5, 0.6) is 0 Å². The number of fused-ring (bicyclic) bond motifs is 2. The van der Waals surface area contributed by atoms with Gasteiger partial charge in [-0.15, -0.1) is 6.42 Å². The van der Waals surface area contributed by atoms with Crippen LogP contribution in [0.15, 0.2) is 67.6 Å². The van der Waals surface area contributed by atoms with Gasteiger partial charge in [0.2, 0.25) is 0 Å². The highest BCUT2D eigenvalue weighted by molar-refractivity contribution is 7.90. The molecule has 1 amide bonds. The topological polar surface area (TPSA) is 98.7 Å². The van der Waals surface area contributed by atoms with E-state index in [1.807, 2.05) is 0 Å². The van der Waals surface area contributed by atoms with Crippen molar-refractivity contribution < 1.29 is 17.6 Å². The summed E-state index contributed by atoms with van der Waals surface area (Å²) in [5, 5.41) is 0.367. The Kier molecular flexibility index (Phi) is 4.89. The number of sulfone groups is 1. The molecule has 4 rings (SSSR count). The average Bonchev–Trinajstić information content (AvgIpc) is 3.04. The second kappa shape index (κ2) is 7.40. The van der Waals surface area contributed by atoms with E-state index in [0.29, 0.717) is 15.6 Å². The molecule has 0 radical (unpaired) electrons. The Morgan fingerprint density at radius 2 is 2.00 bits per heavy atom. The lowest BCUT2D eigenvalue weighted by Gasteiger charge is -2.02. The smallest absolute Gasteiger partial charge is 0.315 e. The molecule has 0 aliphatic carbocycles. The Balaban J connectivity index is 1.89. The molecule has 9 heteroatoms. The molecule has 0 fully saturated rings. The molecular formula is C21H14N2O5S2. The van der Waals surface area contributed by atoms with Gasteiger partial charge in [0.15, 0.2) is 25.8 Å². The fraction of sp³-hybridized carbons (Fsp3) is 0.0952. The summed E-state index contributed by atoms with van der Waals surface area (Å²) in [4.78, 5) is 29.5. The summed E-state index contributed by atoms with van der Waals surface area (Å²) in [7, 11) is -3.39. The maximum absolute atomic E-state index is 12.7. The van der Waals surface area contributed by atoms with Crippen LogP contribution >= 0.6 is 11.3 Å². The third kappa shape index (κ3) is 3.58. The first-order chi connectivity index (χ1) is 14.3. The number of para-hydroxylation sites is 1. The maximum Gasteiger partial charge on any atom is 0.315 e. The van der Waals surface area contributed by atoms with E-state index < -0.39 is 15.7 Å². The van der Waals surface area contributed by atoms with Crippen LogP contribution < -0.4 is 10.2 Å². The van der Waals surface area contributed by atoms with E-state index >= 15 is 0 Å². The second-order valence-corrected chi connectivity index (χ2v) is 9.49. The zero-order chi connectivity index (χ0) is 21.5. The molecule has 30 heavy (non-hydrogen) atoms. The van der Waals surface area contributed by atoms with Crippen molar-refractivity contribution in [3.63, 3.8) is 0 Å². The first-order valence-electron chi connectivity index (χ1n) is 8.67. The van der Waals surface area contributed by atoms with Crippen molar-refractivity contribution in [1.29, 1.82) is 0 Å². The number of benzene rings is 2. The number of amides is 1. The van der Waals surface area contributed by atoms with Gasteiger partial charge in [0, 0.05) is 12.3 Å². The maximum atomic E-state index is 12.7. The van der Waals surface area contributed by atoms with E-state index in [1.165, 1.54) is 12.1 Å². The fourth-order valence-corrected chi connectivity index (χ4v) is 4.75. The summed E-state index contributed by atoms with van der Waals surface area (Å²) in [6.45, 7) is 0.131. The highest BCUT2D eigenvalue weighted by Gasteiger charge is 2.15. The van der Waals surface area contributed by atoms with Gasteiger partial charge in [-0.05, 0) is 30.3 Å². The van der Waals surface area contributed by atoms with Crippen LogP contribution in [-0.4, -0.2) is 25.1 Å². The zero-order valence-corrected chi connectivity index (χ0v) is 17.3. The second-order valence-electron chi connectivity index (χ2n) is 6.46. The van der Waals surface area contributed by atoms with Crippen molar-refractivity contribution in [3.05, 3.63) is 69.3 Å². The Hall–Kier alpha value is -3.48. The van der Waals surface area contributed by atoms with E-state index in [1.54, 1.807) is 34.9 Å². The summed E-state index contributed by atoms with van der Waals surface area (Å²) in [6, 6.07) is 12.3. The third-order valence-corrected chi connectivity index (χ3v) is 6.53. The first-order valence-corrected chi connectivity index (χ1v) is 11.4. The molecule has 150 valence electrons. The van der Waals surface area contributed by atoms with E-state index in [0.717, 1.165) is 23.7 Å². The number of carbonyl (C=O) groups excluding carboxylic acids is 1. The van der Waals surface area contributed by atoms with E-state index in [9.17, 15) is 18.0 Å². The van der Waals surface area contributed by atoms with Crippen LogP contribution in [0, 0.1) is 12.3 Å². The third-order valence-electron chi connectivity index (χ3n) is 4.37. The standard InChI is InChI=1S/C21H14N2O5S2/c1-3-10-23-15-9-8-13(30(2,26)27)11-19(15)29-21(23)22-20(25)18-12-16(24)14-6-4-5-7-17(14)28-18/h1,4-9,11-12H,10H2,2H3. The minimum absolute atomic E-state index is 0.131. The molecular weight excluding hydrogens is 424 g/mol. The molecule has 2 heterocycles. The van der Waals surface area contributed by atoms with Gasteiger partial charge in [-0.25, -0.2) is 8.42 Å². The summed E-state index contributed by atoms with van der Waals surface area (Å²) in [5.74, 6) is 1.57. The van der Waals surface area contributed by atoms with E-state index in [4.69, 9.17) is 10.8 Å². The Labute approximate surface area is 174 Å². The van der Waals surface area contributed by atoms with Crippen molar-refractivity contribution >= 4 is 48.3 Å². The number of rotatable bonds is 3. The van der Waals surface area contributed by atoms with E-state index in [2.05, 4.69) is 10.9 Å². The molecule has 0 saturated carbocycles. The molecule has 0 aliphatic heterocycles. The summed E-state index contributed by atoms with van der Waals surface area (Å²) in [5.41, 5.74) is 0.590.